The summed E-state index contributed by atoms with van der Waals surface area (Å²) in [4.78, 5) is 23.9. The van der Waals surface area contributed by atoms with E-state index in [2.05, 4.69) is 5.32 Å². The first-order valence-electron chi connectivity index (χ1n) is 4.52. The molecule has 0 aromatic carbocycles. The van der Waals surface area contributed by atoms with Crippen molar-refractivity contribution in [3.63, 3.8) is 0 Å². The zero-order valence-electron chi connectivity index (χ0n) is 8.04. The predicted octanol–water partition coefficient (Wildman–Crippen LogP) is 0.295. The lowest BCUT2D eigenvalue weighted by atomic mass is 10.3. The molecule has 1 radical (unpaired) electrons. The van der Waals surface area contributed by atoms with Crippen LogP contribution in [0, 0.1) is 6.54 Å². The van der Waals surface area contributed by atoms with Crippen LogP contribution in [0.25, 0.3) is 0 Å². The van der Waals surface area contributed by atoms with Crippen molar-refractivity contribution < 1.29 is 9.59 Å². The van der Waals surface area contributed by atoms with E-state index in [1.165, 1.54) is 6.92 Å². The Morgan fingerprint density at radius 2 is 2.23 bits per heavy atom. The van der Waals surface area contributed by atoms with E-state index in [1.54, 1.807) is 11.8 Å². The molecule has 1 heterocycles. The standard InChI is InChI=1S/C9H15N2O2/c1-7(10-8(2)12)9(13)11-5-3-4-6-11/h5,7H,3-4,6H2,1-2H3,(H,10,12). The molecular weight excluding hydrogens is 168 g/mol. The quantitative estimate of drug-likeness (QED) is 0.669. The molecule has 1 atom stereocenters. The third-order valence-corrected chi connectivity index (χ3v) is 2.03. The van der Waals surface area contributed by atoms with Crippen molar-refractivity contribution in [2.75, 3.05) is 6.54 Å². The molecule has 73 valence electrons. The molecule has 1 rings (SSSR count). The van der Waals surface area contributed by atoms with Crippen LogP contribution in [0.4, 0.5) is 0 Å². The van der Waals surface area contributed by atoms with Gasteiger partial charge in [-0.3, -0.25) is 9.59 Å². The molecule has 0 aliphatic carbocycles. The second-order valence-electron chi connectivity index (χ2n) is 3.28. The molecule has 1 N–H and O–H groups in total. The molecule has 1 saturated heterocycles. The van der Waals surface area contributed by atoms with Crippen molar-refractivity contribution in [1.29, 1.82) is 0 Å². The Morgan fingerprint density at radius 3 is 2.69 bits per heavy atom. The molecule has 0 aromatic heterocycles. The van der Waals surface area contributed by atoms with Gasteiger partial charge >= 0.3 is 0 Å². The van der Waals surface area contributed by atoms with Crippen molar-refractivity contribution in [1.82, 2.24) is 10.2 Å². The molecule has 2 amide bonds. The summed E-state index contributed by atoms with van der Waals surface area (Å²) in [7, 11) is 0. The summed E-state index contributed by atoms with van der Waals surface area (Å²) in [5, 5.41) is 2.57. The summed E-state index contributed by atoms with van der Waals surface area (Å²) in [6.45, 7) is 5.79. The molecule has 0 aromatic rings. The lowest BCUT2D eigenvalue weighted by Gasteiger charge is -2.19. The fourth-order valence-corrected chi connectivity index (χ4v) is 1.42. The van der Waals surface area contributed by atoms with Gasteiger partial charge in [0.05, 0.1) is 6.54 Å². The average molecular weight is 183 g/mol. The minimum absolute atomic E-state index is 0.0206. The molecule has 0 spiro atoms. The van der Waals surface area contributed by atoms with Crippen LogP contribution in [0.3, 0.4) is 0 Å². The van der Waals surface area contributed by atoms with Gasteiger partial charge in [0.25, 0.3) is 0 Å². The van der Waals surface area contributed by atoms with Crippen LogP contribution in [-0.4, -0.2) is 29.3 Å². The second kappa shape index (κ2) is 4.25. The summed E-state index contributed by atoms with van der Waals surface area (Å²) in [5.41, 5.74) is 0. The monoisotopic (exact) mass is 183 g/mol. The highest BCUT2D eigenvalue weighted by Gasteiger charge is 2.23. The van der Waals surface area contributed by atoms with E-state index in [-0.39, 0.29) is 11.8 Å². The minimum atomic E-state index is -0.410. The summed E-state index contributed by atoms with van der Waals surface area (Å²) in [5.74, 6) is -0.187. The van der Waals surface area contributed by atoms with Gasteiger partial charge < -0.3 is 10.2 Å². The van der Waals surface area contributed by atoms with Crippen molar-refractivity contribution in [2.45, 2.75) is 32.7 Å². The van der Waals surface area contributed by atoms with Crippen LogP contribution < -0.4 is 5.32 Å². The first-order valence-corrected chi connectivity index (χ1v) is 4.52. The van der Waals surface area contributed by atoms with Crippen molar-refractivity contribution in [2.24, 2.45) is 0 Å². The number of hydrogen-bond acceptors (Lipinski definition) is 2. The van der Waals surface area contributed by atoms with Crippen molar-refractivity contribution >= 4 is 11.8 Å². The number of rotatable bonds is 2. The van der Waals surface area contributed by atoms with Crippen LogP contribution in [0.2, 0.25) is 0 Å². The Morgan fingerprint density at radius 1 is 1.54 bits per heavy atom. The maximum absolute atomic E-state index is 11.6. The molecular formula is C9H15N2O2. The summed E-state index contributed by atoms with van der Waals surface area (Å²) >= 11 is 0. The average Bonchev–Trinajstić information content (AvgIpc) is 2.53. The summed E-state index contributed by atoms with van der Waals surface area (Å²) < 4.78 is 0. The van der Waals surface area contributed by atoms with Gasteiger partial charge in [-0.2, -0.15) is 0 Å². The van der Waals surface area contributed by atoms with E-state index in [0.717, 1.165) is 19.4 Å². The van der Waals surface area contributed by atoms with Gasteiger partial charge in [0.2, 0.25) is 11.8 Å². The van der Waals surface area contributed by atoms with Crippen LogP contribution in [0.1, 0.15) is 26.7 Å². The fourth-order valence-electron chi connectivity index (χ4n) is 1.42. The number of carbonyl (C=O) groups is 2. The van der Waals surface area contributed by atoms with Gasteiger partial charge in [0.1, 0.15) is 6.04 Å². The predicted molar refractivity (Wildman–Crippen MR) is 48.5 cm³/mol. The van der Waals surface area contributed by atoms with Gasteiger partial charge in [-0.1, -0.05) is 0 Å². The molecule has 13 heavy (non-hydrogen) atoms. The maximum Gasteiger partial charge on any atom is 0.245 e. The third kappa shape index (κ3) is 2.72. The van der Waals surface area contributed by atoms with Gasteiger partial charge in [-0.05, 0) is 19.8 Å². The van der Waals surface area contributed by atoms with E-state index < -0.39 is 6.04 Å². The highest BCUT2D eigenvalue weighted by atomic mass is 16.2. The van der Waals surface area contributed by atoms with E-state index in [9.17, 15) is 9.59 Å². The SMILES string of the molecule is CC(=O)NC(C)C(=O)N1[CH]CCC1. The Labute approximate surface area is 78.3 Å². The number of amides is 2. The smallest absolute Gasteiger partial charge is 0.245 e. The van der Waals surface area contributed by atoms with Crippen molar-refractivity contribution in [3.05, 3.63) is 6.54 Å². The van der Waals surface area contributed by atoms with Crippen LogP contribution in [-0.2, 0) is 9.59 Å². The minimum Gasteiger partial charge on any atom is -0.345 e. The fraction of sp³-hybridized carbons (Fsp3) is 0.667. The maximum atomic E-state index is 11.6. The first-order chi connectivity index (χ1) is 6.11. The molecule has 1 unspecified atom stereocenters. The van der Waals surface area contributed by atoms with Crippen molar-refractivity contribution in [3.8, 4) is 0 Å². The summed E-state index contributed by atoms with van der Waals surface area (Å²) in [6, 6.07) is -0.410. The molecule has 0 bridgehead atoms. The van der Waals surface area contributed by atoms with E-state index in [4.69, 9.17) is 0 Å². The van der Waals surface area contributed by atoms with Crippen LogP contribution >= 0.6 is 0 Å². The molecule has 4 heteroatoms. The largest absolute Gasteiger partial charge is 0.345 e. The summed E-state index contributed by atoms with van der Waals surface area (Å²) in [6.07, 6.45) is 1.98. The van der Waals surface area contributed by atoms with Gasteiger partial charge in [-0.15, -0.1) is 0 Å². The first kappa shape index (κ1) is 10.0. The number of likely N-dealkylation sites (tertiary alicyclic amines) is 1. The van der Waals surface area contributed by atoms with E-state index >= 15 is 0 Å². The van der Waals surface area contributed by atoms with Crippen LogP contribution in [0.15, 0.2) is 0 Å². The lowest BCUT2D eigenvalue weighted by molar-refractivity contribution is -0.133. The second-order valence-corrected chi connectivity index (χ2v) is 3.28. The van der Waals surface area contributed by atoms with Crippen LogP contribution in [0.5, 0.6) is 0 Å². The topological polar surface area (TPSA) is 49.4 Å². The zero-order valence-corrected chi connectivity index (χ0v) is 8.04. The zero-order chi connectivity index (χ0) is 9.84. The molecule has 1 aliphatic rings. The van der Waals surface area contributed by atoms with Gasteiger partial charge in [-0.25, -0.2) is 0 Å². The van der Waals surface area contributed by atoms with E-state index in [1.807, 2.05) is 6.54 Å². The van der Waals surface area contributed by atoms with Gasteiger partial charge in [0.15, 0.2) is 0 Å². The molecule has 4 nitrogen and oxygen atoms in total. The Bertz CT molecular complexity index is 210. The highest BCUT2D eigenvalue weighted by molar-refractivity contribution is 5.87. The lowest BCUT2D eigenvalue weighted by Crippen LogP contribution is -2.44. The van der Waals surface area contributed by atoms with Gasteiger partial charge in [0, 0.05) is 13.5 Å². The Balaban J connectivity index is 2.41. The normalized spacial score (nSPS) is 18.5. The Kier molecular flexibility index (Phi) is 3.28. The van der Waals surface area contributed by atoms with E-state index in [0.29, 0.717) is 0 Å². The third-order valence-electron chi connectivity index (χ3n) is 2.03. The molecule has 1 aliphatic heterocycles. The number of nitrogens with zero attached hydrogens (tertiary/aromatic N) is 1. The highest BCUT2D eigenvalue weighted by Crippen LogP contribution is 2.13. The number of hydrogen-bond donors (Lipinski definition) is 1. The number of nitrogens with one attached hydrogen (secondary N) is 1. The molecule has 1 fully saturated rings. The number of carbonyl (C=O) groups excluding carboxylic acids is 2. The Hall–Kier alpha value is -1.06. The molecule has 0 saturated carbocycles.